The number of hydrogen-bond donors (Lipinski definition) is 1. The summed E-state index contributed by atoms with van der Waals surface area (Å²) < 4.78 is 10.3. The molecule has 0 radical (unpaired) electrons. The number of nitrogens with one attached hydrogen (secondary N) is 1. The molecule has 2 rings (SSSR count). The van der Waals surface area contributed by atoms with Crippen LogP contribution in [0.15, 0.2) is 22.8 Å². The summed E-state index contributed by atoms with van der Waals surface area (Å²) in [7, 11) is 0. The van der Waals surface area contributed by atoms with E-state index in [0.717, 1.165) is 0 Å². The van der Waals surface area contributed by atoms with E-state index in [4.69, 9.17) is 21.4 Å². The molecule has 92 valence electrons. The van der Waals surface area contributed by atoms with Crippen molar-refractivity contribution in [3.63, 3.8) is 0 Å². The average Bonchev–Trinajstić information content (AvgIpc) is 2.89. The van der Waals surface area contributed by atoms with Crippen molar-refractivity contribution < 1.29 is 13.9 Å². The molecule has 1 aliphatic heterocycles. The molecule has 2 heterocycles. The molecule has 0 bridgehead atoms. The normalized spacial score (nSPS) is 15.6. The van der Waals surface area contributed by atoms with E-state index in [2.05, 4.69) is 5.32 Å². The van der Waals surface area contributed by atoms with Crippen LogP contribution in [0.1, 0.15) is 5.76 Å². The summed E-state index contributed by atoms with van der Waals surface area (Å²) in [6.07, 6.45) is 1.57. The molecule has 0 aliphatic carbocycles. The predicted molar refractivity (Wildman–Crippen MR) is 65.5 cm³/mol. The van der Waals surface area contributed by atoms with Crippen LogP contribution < -0.4 is 5.32 Å². The van der Waals surface area contributed by atoms with Gasteiger partial charge in [-0.25, -0.2) is 0 Å². The van der Waals surface area contributed by atoms with Crippen molar-refractivity contribution in [1.29, 1.82) is 0 Å². The number of carbonyl (C=O) groups excluding carboxylic acids is 1. The first kappa shape index (κ1) is 12.1. The van der Waals surface area contributed by atoms with Crippen molar-refractivity contribution in [2.75, 3.05) is 26.3 Å². The third-order valence-electron chi connectivity index (χ3n) is 2.50. The second-order valence-electron chi connectivity index (χ2n) is 3.67. The summed E-state index contributed by atoms with van der Waals surface area (Å²) >= 11 is 5.12. The fourth-order valence-electron chi connectivity index (χ4n) is 1.57. The van der Waals surface area contributed by atoms with Crippen molar-refractivity contribution in [1.82, 2.24) is 10.2 Å². The van der Waals surface area contributed by atoms with Crippen LogP contribution in [0.3, 0.4) is 0 Å². The lowest BCUT2D eigenvalue weighted by molar-refractivity contribution is -0.115. The Morgan fingerprint density at radius 2 is 2.24 bits per heavy atom. The van der Waals surface area contributed by atoms with Crippen LogP contribution in [0.4, 0.5) is 0 Å². The van der Waals surface area contributed by atoms with Gasteiger partial charge in [-0.05, 0) is 12.1 Å². The molecule has 1 aliphatic rings. The third-order valence-corrected chi connectivity index (χ3v) is 2.94. The van der Waals surface area contributed by atoms with Gasteiger partial charge < -0.3 is 19.4 Å². The van der Waals surface area contributed by atoms with Gasteiger partial charge in [-0.3, -0.25) is 4.79 Å². The lowest BCUT2D eigenvalue weighted by Gasteiger charge is -2.28. The van der Waals surface area contributed by atoms with E-state index in [-0.39, 0.29) is 5.91 Å². The molecule has 1 N–H and O–H groups in total. The molecule has 0 spiro atoms. The van der Waals surface area contributed by atoms with Crippen LogP contribution in [-0.2, 0) is 16.1 Å². The van der Waals surface area contributed by atoms with Gasteiger partial charge in [-0.2, -0.15) is 0 Å². The predicted octanol–water partition coefficient (Wildman–Crippen LogP) is 0.555. The van der Waals surface area contributed by atoms with Gasteiger partial charge in [-0.1, -0.05) is 12.2 Å². The first-order valence-electron chi connectivity index (χ1n) is 5.44. The summed E-state index contributed by atoms with van der Waals surface area (Å²) in [6, 6.07) is 3.58. The molecule has 1 saturated heterocycles. The zero-order chi connectivity index (χ0) is 12.1. The number of thiocarbonyl (C=S) groups is 1. The molecule has 17 heavy (non-hydrogen) atoms. The molecule has 6 heteroatoms. The van der Waals surface area contributed by atoms with Crippen LogP contribution in [0.25, 0.3) is 0 Å². The van der Waals surface area contributed by atoms with Crippen molar-refractivity contribution in [3.8, 4) is 0 Å². The molecule has 1 aromatic rings. The fourth-order valence-corrected chi connectivity index (χ4v) is 1.82. The maximum atomic E-state index is 11.8. The number of hydrogen-bond acceptors (Lipinski definition) is 4. The first-order chi connectivity index (χ1) is 8.27. The van der Waals surface area contributed by atoms with Crippen molar-refractivity contribution in [3.05, 3.63) is 24.2 Å². The standard InChI is InChI=1S/C11H14N2O3S/c14-10(12-8-9-2-1-5-16-9)11(17)13-3-6-15-7-4-13/h1-2,5H,3-4,6-8H2,(H,12,14). The highest BCUT2D eigenvalue weighted by atomic mass is 32.1. The summed E-state index contributed by atoms with van der Waals surface area (Å²) in [6.45, 7) is 2.94. The van der Waals surface area contributed by atoms with Gasteiger partial charge in [0.25, 0.3) is 5.91 Å². The number of nitrogens with zero attached hydrogens (tertiary/aromatic N) is 1. The Kier molecular flexibility index (Phi) is 4.11. The number of carbonyl (C=O) groups is 1. The van der Waals surface area contributed by atoms with Crippen LogP contribution in [0, 0.1) is 0 Å². The quantitative estimate of drug-likeness (QED) is 0.781. The summed E-state index contributed by atoms with van der Waals surface area (Å²) in [4.78, 5) is 13.9. The molecular formula is C11H14N2O3S. The molecule has 1 fully saturated rings. The van der Waals surface area contributed by atoms with Gasteiger partial charge in [0, 0.05) is 13.1 Å². The molecule has 0 unspecified atom stereocenters. The van der Waals surface area contributed by atoms with Crippen molar-refractivity contribution in [2.45, 2.75) is 6.54 Å². The minimum absolute atomic E-state index is 0.238. The highest BCUT2D eigenvalue weighted by Crippen LogP contribution is 2.01. The van der Waals surface area contributed by atoms with E-state index in [1.165, 1.54) is 0 Å². The summed E-state index contributed by atoms with van der Waals surface area (Å²) in [5, 5.41) is 2.73. The monoisotopic (exact) mass is 254 g/mol. The number of ether oxygens (including phenoxy) is 1. The van der Waals surface area contributed by atoms with Gasteiger partial charge in [0.05, 0.1) is 26.0 Å². The van der Waals surface area contributed by atoms with Crippen molar-refractivity contribution in [2.24, 2.45) is 0 Å². The second-order valence-corrected chi connectivity index (χ2v) is 4.05. The van der Waals surface area contributed by atoms with E-state index in [9.17, 15) is 4.79 Å². The molecule has 0 aromatic carbocycles. The number of morpholine rings is 1. The van der Waals surface area contributed by atoms with Crippen LogP contribution in [0.2, 0.25) is 0 Å². The summed E-state index contributed by atoms with van der Waals surface area (Å²) in [5.41, 5.74) is 0. The van der Waals surface area contributed by atoms with Gasteiger partial charge >= 0.3 is 0 Å². The zero-order valence-corrected chi connectivity index (χ0v) is 10.2. The topological polar surface area (TPSA) is 54.7 Å². The Balaban J connectivity index is 1.80. The molecule has 1 amide bonds. The van der Waals surface area contributed by atoms with Gasteiger partial charge in [-0.15, -0.1) is 0 Å². The lowest BCUT2D eigenvalue weighted by atomic mass is 10.4. The Labute approximate surface area is 105 Å². The molecule has 1 aromatic heterocycles. The maximum absolute atomic E-state index is 11.8. The smallest absolute Gasteiger partial charge is 0.279 e. The maximum Gasteiger partial charge on any atom is 0.279 e. The van der Waals surface area contributed by atoms with Crippen molar-refractivity contribution >= 4 is 23.1 Å². The van der Waals surface area contributed by atoms with Crippen LogP contribution >= 0.6 is 12.2 Å². The molecule has 5 nitrogen and oxygen atoms in total. The Morgan fingerprint density at radius 3 is 2.88 bits per heavy atom. The Morgan fingerprint density at radius 1 is 1.47 bits per heavy atom. The van der Waals surface area contributed by atoms with Gasteiger partial charge in [0.15, 0.2) is 4.99 Å². The third kappa shape index (κ3) is 3.28. The highest BCUT2D eigenvalue weighted by Gasteiger charge is 2.19. The van der Waals surface area contributed by atoms with E-state index >= 15 is 0 Å². The van der Waals surface area contributed by atoms with Gasteiger partial charge in [0.2, 0.25) is 0 Å². The second kappa shape index (κ2) is 5.79. The molecule has 0 saturated carbocycles. The van der Waals surface area contributed by atoms with E-state index in [0.29, 0.717) is 43.6 Å². The van der Waals surface area contributed by atoms with Crippen LogP contribution in [-0.4, -0.2) is 42.1 Å². The Hall–Kier alpha value is -1.40. The highest BCUT2D eigenvalue weighted by molar-refractivity contribution is 7.82. The zero-order valence-electron chi connectivity index (χ0n) is 9.35. The van der Waals surface area contributed by atoms with E-state index in [1.807, 2.05) is 4.90 Å². The van der Waals surface area contributed by atoms with Gasteiger partial charge in [0.1, 0.15) is 5.76 Å². The number of rotatable bonds is 2. The minimum atomic E-state index is -0.238. The first-order valence-corrected chi connectivity index (χ1v) is 5.85. The van der Waals surface area contributed by atoms with Crippen LogP contribution in [0.5, 0.6) is 0 Å². The Bertz CT molecular complexity index is 385. The number of furan rings is 1. The SMILES string of the molecule is O=C(NCc1ccco1)C(=S)N1CCOCC1. The molecular weight excluding hydrogens is 240 g/mol. The fraction of sp³-hybridized carbons (Fsp3) is 0.455. The summed E-state index contributed by atoms with van der Waals surface area (Å²) in [5.74, 6) is 0.474. The number of amides is 1. The minimum Gasteiger partial charge on any atom is -0.467 e. The molecule has 0 atom stereocenters. The average molecular weight is 254 g/mol. The largest absolute Gasteiger partial charge is 0.467 e. The van der Waals surface area contributed by atoms with E-state index < -0.39 is 0 Å². The lowest BCUT2D eigenvalue weighted by Crippen LogP contribution is -2.46. The van der Waals surface area contributed by atoms with E-state index in [1.54, 1.807) is 18.4 Å².